The van der Waals surface area contributed by atoms with Crippen LogP contribution in [0, 0.1) is 0 Å². The molecule has 0 unspecified atom stereocenters. The van der Waals surface area contributed by atoms with Crippen LogP contribution in [0.3, 0.4) is 0 Å². The molecule has 0 aliphatic carbocycles. The molecule has 2 rings (SSSR count). The highest BCUT2D eigenvalue weighted by atomic mass is 35.5. The molecular weight excluding hydrogens is 264 g/mol. The Morgan fingerprint density at radius 1 is 1.37 bits per heavy atom. The van der Waals surface area contributed by atoms with Crippen molar-refractivity contribution in [1.29, 1.82) is 0 Å². The van der Waals surface area contributed by atoms with E-state index in [2.05, 4.69) is 4.98 Å². The van der Waals surface area contributed by atoms with Crippen molar-refractivity contribution in [3.63, 3.8) is 0 Å². The molecule has 0 spiro atoms. The molecule has 0 saturated heterocycles. The maximum atomic E-state index is 12.4. The Morgan fingerprint density at radius 3 is 2.79 bits per heavy atom. The summed E-state index contributed by atoms with van der Waals surface area (Å²) >= 11 is 5.88. The Labute approximate surface area is 117 Å². The summed E-state index contributed by atoms with van der Waals surface area (Å²) in [4.78, 5) is 16.8. The smallest absolute Gasteiger partial charge is 0.261 e. The van der Waals surface area contributed by atoms with Gasteiger partial charge in [-0.15, -0.1) is 11.6 Å². The molecule has 19 heavy (non-hydrogen) atoms. The van der Waals surface area contributed by atoms with Crippen LogP contribution in [-0.2, 0) is 17.2 Å². The van der Waals surface area contributed by atoms with Crippen molar-refractivity contribution in [2.45, 2.75) is 32.4 Å². The highest BCUT2D eigenvalue weighted by Gasteiger charge is 2.09. The fraction of sp³-hybridized carbons (Fsp3) is 0.429. The molecule has 0 aliphatic heterocycles. The normalized spacial score (nSPS) is 11.4. The third-order valence-corrected chi connectivity index (χ3v) is 3.07. The van der Waals surface area contributed by atoms with Crippen LogP contribution in [0.1, 0.15) is 19.7 Å². The van der Waals surface area contributed by atoms with Gasteiger partial charge in [-0.2, -0.15) is 0 Å². The topological polar surface area (TPSA) is 44.1 Å². The molecule has 0 saturated carbocycles. The molecular formula is C14H17ClN2O2. The Kier molecular flexibility index (Phi) is 4.56. The van der Waals surface area contributed by atoms with E-state index in [0.29, 0.717) is 29.9 Å². The summed E-state index contributed by atoms with van der Waals surface area (Å²) < 4.78 is 7.08. The number of fused-ring (bicyclic) bond motifs is 1. The minimum Gasteiger partial charge on any atom is -0.377 e. The number of halogens is 1. The molecule has 102 valence electrons. The second-order valence-electron chi connectivity index (χ2n) is 4.56. The van der Waals surface area contributed by atoms with Crippen molar-refractivity contribution in [1.82, 2.24) is 9.55 Å². The van der Waals surface area contributed by atoms with E-state index in [9.17, 15) is 4.79 Å². The van der Waals surface area contributed by atoms with E-state index in [0.717, 1.165) is 0 Å². The third-order valence-electron chi connectivity index (χ3n) is 2.83. The molecule has 0 aliphatic rings. The molecule has 1 aromatic carbocycles. The van der Waals surface area contributed by atoms with Crippen molar-refractivity contribution < 1.29 is 4.74 Å². The summed E-state index contributed by atoms with van der Waals surface area (Å²) in [5, 5.41) is 0.612. The number of ether oxygens (including phenoxy) is 1. The number of para-hydroxylation sites is 1. The lowest BCUT2D eigenvalue weighted by Crippen LogP contribution is -2.27. The SMILES string of the molecule is CC(C)OCCn1c(CCl)nc2ccccc2c1=O. The van der Waals surface area contributed by atoms with E-state index >= 15 is 0 Å². The van der Waals surface area contributed by atoms with Crippen LogP contribution in [0.15, 0.2) is 29.1 Å². The number of aromatic nitrogens is 2. The molecule has 0 amide bonds. The maximum Gasteiger partial charge on any atom is 0.261 e. The van der Waals surface area contributed by atoms with Crippen LogP contribution in [-0.4, -0.2) is 22.3 Å². The standard InChI is InChI=1S/C14H17ClN2O2/c1-10(2)19-8-7-17-13(9-15)16-12-6-4-3-5-11(12)14(17)18/h3-6,10H,7-9H2,1-2H3. The Balaban J connectivity index is 2.40. The van der Waals surface area contributed by atoms with E-state index in [-0.39, 0.29) is 17.5 Å². The van der Waals surface area contributed by atoms with Gasteiger partial charge in [-0.3, -0.25) is 9.36 Å². The number of hydrogen-bond acceptors (Lipinski definition) is 3. The predicted octanol–water partition coefficient (Wildman–Crippen LogP) is 2.56. The van der Waals surface area contributed by atoms with Gasteiger partial charge in [-0.25, -0.2) is 4.98 Å². The first-order valence-electron chi connectivity index (χ1n) is 6.29. The van der Waals surface area contributed by atoms with Crippen LogP contribution in [0.5, 0.6) is 0 Å². The van der Waals surface area contributed by atoms with Gasteiger partial charge in [0.25, 0.3) is 5.56 Å². The van der Waals surface area contributed by atoms with Gasteiger partial charge in [0.1, 0.15) is 5.82 Å². The molecule has 0 fully saturated rings. The predicted molar refractivity (Wildman–Crippen MR) is 76.6 cm³/mol. The third kappa shape index (κ3) is 3.14. The second-order valence-corrected chi connectivity index (χ2v) is 4.82. The lowest BCUT2D eigenvalue weighted by Gasteiger charge is -2.13. The fourth-order valence-electron chi connectivity index (χ4n) is 1.93. The largest absolute Gasteiger partial charge is 0.377 e. The van der Waals surface area contributed by atoms with Crippen molar-refractivity contribution >= 4 is 22.5 Å². The lowest BCUT2D eigenvalue weighted by molar-refractivity contribution is 0.0718. The molecule has 5 heteroatoms. The minimum atomic E-state index is -0.0615. The fourth-order valence-corrected chi connectivity index (χ4v) is 2.13. The van der Waals surface area contributed by atoms with Gasteiger partial charge in [0.2, 0.25) is 0 Å². The zero-order chi connectivity index (χ0) is 13.8. The molecule has 0 radical (unpaired) electrons. The first kappa shape index (κ1) is 14.0. The maximum absolute atomic E-state index is 12.4. The van der Waals surface area contributed by atoms with Gasteiger partial charge < -0.3 is 4.74 Å². The van der Waals surface area contributed by atoms with Gasteiger partial charge in [-0.1, -0.05) is 12.1 Å². The highest BCUT2D eigenvalue weighted by Crippen LogP contribution is 2.09. The van der Waals surface area contributed by atoms with E-state index in [1.807, 2.05) is 32.0 Å². The second kappa shape index (κ2) is 6.17. The number of benzene rings is 1. The Morgan fingerprint density at radius 2 is 2.11 bits per heavy atom. The number of alkyl halides is 1. The molecule has 4 nitrogen and oxygen atoms in total. The highest BCUT2D eigenvalue weighted by molar-refractivity contribution is 6.16. The van der Waals surface area contributed by atoms with Gasteiger partial charge in [0.05, 0.1) is 36.0 Å². The van der Waals surface area contributed by atoms with Crippen LogP contribution < -0.4 is 5.56 Å². The molecule has 0 bridgehead atoms. The Bertz CT molecular complexity index is 622. The van der Waals surface area contributed by atoms with Gasteiger partial charge in [0, 0.05) is 0 Å². The molecule has 1 aromatic heterocycles. The van der Waals surface area contributed by atoms with E-state index < -0.39 is 0 Å². The van der Waals surface area contributed by atoms with Gasteiger partial charge in [0.15, 0.2) is 0 Å². The first-order chi connectivity index (χ1) is 9.13. The summed E-state index contributed by atoms with van der Waals surface area (Å²) in [5.41, 5.74) is 0.623. The van der Waals surface area contributed by atoms with Crippen molar-refractivity contribution in [2.24, 2.45) is 0 Å². The molecule has 2 aromatic rings. The number of rotatable bonds is 5. The van der Waals surface area contributed by atoms with Crippen molar-refractivity contribution in [2.75, 3.05) is 6.61 Å². The average Bonchev–Trinajstić information content (AvgIpc) is 2.40. The average molecular weight is 281 g/mol. The summed E-state index contributed by atoms with van der Waals surface area (Å²) in [6.07, 6.45) is 0.142. The van der Waals surface area contributed by atoms with Crippen LogP contribution in [0.25, 0.3) is 10.9 Å². The van der Waals surface area contributed by atoms with Crippen LogP contribution in [0.4, 0.5) is 0 Å². The van der Waals surface area contributed by atoms with Gasteiger partial charge >= 0.3 is 0 Å². The van der Waals surface area contributed by atoms with E-state index in [4.69, 9.17) is 16.3 Å². The first-order valence-corrected chi connectivity index (χ1v) is 6.83. The minimum absolute atomic E-state index is 0.0615. The summed E-state index contributed by atoms with van der Waals surface area (Å²) in [5.74, 6) is 0.791. The summed E-state index contributed by atoms with van der Waals surface area (Å²) in [7, 11) is 0. The van der Waals surface area contributed by atoms with Crippen molar-refractivity contribution in [3.8, 4) is 0 Å². The number of hydrogen-bond donors (Lipinski definition) is 0. The lowest BCUT2D eigenvalue weighted by atomic mass is 10.2. The Hall–Kier alpha value is -1.39. The van der Waals surface area contributed by atoms with Gasteiger partial charge in [-0.05, 0) is 26.0 Å². The van der Waals surface area contributed by atoms with Crippen LogP contribution >= 0.6 is 11.6 Å². The zero-order valence-electron chi connectivity index (χ0n) is 11.1. The van der Waals surface area contributed by atoms with E-state index in [1.165, 1.54) is 0 Å². The molecule has 0 atom stereocenters. The number of nitrogens with zero attached hydrogens (tertiary/aromatic N) is 2. The zero-order valence-corrected chi connectivity index (χ0v) is 11.9. The van der Waals surface area contributed by atoms with Crippen molar-refractivity contribution in [3.05, 3.63) is 40.4 Å². The van der Waals surface area contributed by atoms with Crippen LogP contribution in [0.2, 0.25) is 0 Å². The molecule has 0 N–H and O–H groups in total. The monoisotopic (exact) mass is 280 g/mol. The summed E-state index contributed by atoms with van der Waals surface area (Å²) in [6.45, 7) is 4.87. The molecule has 1 heterocycles. The quantitative estimate of drug-likeness (QED) is 0.791. The summed E-state index contributed by atoms with van der Waals surface area (Å²) in [6, 6.07) is 7.30. The van der Waals surface area contributed by atoms with E-state index in [1.54, 1.807) is 10.6 Å².